The zero-order chi connectivity index (χ0) is 13.7. The maximum atomic E-state index is 11.9. The molecule has 3 N–H and O–H groups in total. The second-order valence-corrected chi connectivity index (χ2v) is 5.31. The zero-order valence-corrected chi connectivity index (χ0v) is 11.5. The number of nitrogens with one attached hydrogen (secondary N) is 1. The predicted molar refractivity (Wildman–Crippen MR) is 73.4 cm³/mol. The molecular formula is C14H23N3O2. The Kier molecular flexibility index (Phi) is 4.99. The van der Waals surface area contributed by atoms with Gasteiger partial charge in [-0.05, 0) is 44.4 Å². The van der Waals surface area contributed by atoms with Crippen LogP contribution >= 0.6 is 0 Å². The third kappa shape index (κ3) is 4.08. The molecule has 2 heterocycles. The number of carbonyl (C=O) groups is 1. The molecule has 0 bridgehead atoms. The van der Waals surface area contributed by atoms with E-state index in [1.54, 1.807) is 6.26 Å². The number of piperidine rings is 1. The fourth-order valence-corrected chi connectivity index (χ4v) is 2.51. The van der Waals surface area contributed by atoms with E-state index in [-0.39, 0.29) is 5.91 Å². The molecular weight excluding hydrogens is 242 g/mol. The monoisotopic (exact) mass is 265 g/mol. The standard InChI is InChI=1S/C14H23N3O2/c1-11-4-5-12(7-15)9-17(11)10-14(18)16-8-13-3-2-6-19-13/h2-3,6,11-12H,4-5,7-10,15H2,1H3,(H,16,18). The molecule has 1 aliphatic heterocycles. The second-order valence-electron chi connectivity index (χ2n) is 5.31. The number of nitrogens with zero attached hydrogens (tertiary/aromatic N) is 1. The molecule has 1 saturated heterocycles. The Bertz CT molecular complexity index is 391. The topological polar surface area (TPSA) is 71.5 Å². The molecule has 19 heavy (non-hydrogen) atoms. The summed E-state index contributed by atoms with van der Waals surface area (Å²) in [5.74, 6) is 1.34. The molecule has 5 heteroatoms. The van der Waals surface area contributed by atoms with Crippen molar-refractivity contribution in [2.24, 2.45) is 11.7 Å². The fraction of sp³-hybridized carbons (Fsp3) is 0.643. The Morgan fingerprint density at radius 1 is 1.58 bits per heavy atom. The minimum atomic E-state index is 0.0425. The van der Waals surface area contributed by atoms with Crippen LogP contribution in [0.2, 0.25) is 0 Å². The Labute approximate surface area is 114 Å². The minimum absolute atomic E-state index is 0.0425. The second kappa shape index (κ2) is 6.73. The van der Waals surface area contributed by atoms with Gasteiger partial charge < -0.3 is 15.5 Å². The number of likely N-dealkylation sites (tertiary alicyclic amines) is 1. The van der Waals surface area contributed by atoms with Gasteiger partial charge in [-0.25, -0.2) is 0 Å². The number of furan rings is 1. The fourth-order valence-electron chi connectivity index (χ4n) is 2.51. The van der Waals surface area contributed by atoms with E-state index in [9.17, 15) is 4.79 Å². The van der Waals surface area contributed by atoms with Crippen molar-refractivity contribution in [3.05, 3.63) is 24.2 Å². The summed E-state index contributed by atoms with van der Waals surface area (Å²) < 4.78 is 5.18. The summed E-state index contributed by atoms with van der Waals surface area (Å²) >= 11 is 0. The van der Waals surface area contributed by atoms with Gasteiger partial charge in [0.05, 0.1) is 19.4 Å². The Morgan fingerprint density at radius 2 is 2.42 bits per heavy atom. The summed E-state index contributed by atoms with van der Waals surface area (Å²) in [7, 11) is 0. The summed E-state index contributed by atoms with van der Waals surface area (Å²) in [6.07, 6.45) is 3.90. The first-order valence-electron chi connectivity index (χ1n) is 6.92. The molecule has 2 unspecified atom stereocenters. The zero-order valence-electron chi connectivity index (χ0n) is 11.5. The van der Waals surface area contributed by atoms with Gasteiger partial charge in [0, 0.05) is 12.6 Å². The number of amides is 1. The lowest BCUT2D eigenvalue weighted by Gasteiger charge is -2.37. The molecule has 0 radical (unpaired) electrons. The van der Waals surface area contributed by atoms with E-state index in [0.717, 1.165) is 18.7 Å². The lowest BCUT2D eigenvalue weighted by atomic mass is 9.93. The first-order valence-corrected chi connectivity index (χ1v) is 6.92. The molecule has 1 amide bonds. The molecule has 0 aromatic carbocycles. The van der Waals surface area contributed by atoms with Gasteiger partial charge >= 0.3 is 0 Å². The molecule has 1 fully saturated rings. The molecule has 2 rings (SSSR count). The highest BCUT2D eigenvalue weighted by Crippen LogP contribution is 2.20. The van der Waals surface area contributed by atoms with Crippen LogP contribution in [-0.2, 0) is 11.3 Å². The molecule has 1 aliphatic rings. The van der Waals surface area contributed by atoms with Crippen molar-refractivity contribution in [2.45, 2.75) is 32.4 Å². The van der Waals surface area contributed by atoms with Crippen molar-refractivity contribution in [3.63, 3.8) is 0 Å². The van der Waals surface area contributed by atoms with Crippen LogP contribution in [-0.4, -0.2) is 36.5 Å². The molecule has 106 valence electrons. The van der Waals surface area contributed by atoms with Crippen molar-refractivity contribution in [1.82, 2.24) is 10.2 Å². The highest BCUT2D eigenvalue weighted by atomic mass is 16.3. The lowest BCUT2D eigenvalue weighted by Crippen LogP contribution is -2.48. The Morgan fingerprint density at radius 3 is 3.11 bits per heavy atom. The summed E-state index contributed by atoms with van der Waals surface area (Å²) in [4.78, 5) is 14.1. The summed E-state index contributed by atoms with van der Waals surface area (Å²) in [6, 6.07) is 4.13. The lowest BCUT2D eigenvalue weighted by molar-refractivity contribution is -0.123. The van der Waals surface area contributed by atoms with Crippen molar-refractivity contribution < 1.29 is 9.21 Å². The summed E-state index contributed by atoms with van der Waals surface area (Å²) in [6.45, 7) is 4.70. The molecule has 1 aromatic rings. The van der Waals surface area contributed by atoms with Crippen LogP contribution in [0.1, 0.15) is 25.5 Å². The normalized spacial score (nSPS) is 24.3. The van der Waals surface area contributed by atoms with Gasteiger partial charge in [0.1, 0.15) is 5.76 Å². The maximum Gasteiger partial charge on any atom is 0.234 e. The first-order chi connectivity index (χ1) is 9.19. The Balaban J connectivity index is 1.77. The first kappa shape index (κ1) is 14.1. The van der Waals surface area contributed by atoms with E-state index in [2.05, 4.69) is 17.1 Å². The van der Waals surface area contributed by atoms with Crippen LogP contribution < -0.4 is 11.1 Å². The molecule has 0 saturated carbocycles. The van der Waals surface area contributed by atoms with Gasteiger partial charge in [-0.2, -0.15) is 0 Å². The number of hydrogen-bond acceptors (Lipinski definition) is 4. The van der Waals surface area contributed by atoms with Crippen molar-refractivity contribution >= 4 is 5.91 Å². The van der Waals surface area contributed by atoms with Crippen LogP contribution in [0, 0.1) is 5.92 Å². The van der Waals surface area contributed by atoms with Gasteiger partial charge in [0.2, 0.25) is 5.91 Å². The van der Waals surface area contributed by atoms with Gasteiger partial charge in [-0.3, -0.25) is 9.69 Å². The molecule has 0 spiro atoms. The van der Waals surface area contributed by atoms with Crippen LogP contribution in [0.4, 0.5) is 0 Å². The van der Waals surface area contributed by atoms with Gasteiger partial charge in [0.15, 0.2) is 0 Å². The molecule has 0 aliphatic carbocycles. The average Bonchev–Trinajstić information content (AvgIpc) is 2.92. The van der Waals surface area contributed by atoms with Gasteiger partial charge in [-0.15, -0.1) is 0 Å². The quantitative estimate of drug-likeness (QED) is 0.831. The van der Waals surface area contributed by atoms with E-state index >= 15 is 0 Å². The third-order valence-electron chi connectivity index (χ3n) is 3.83. The third-order valence-corrected chi connectivity index (χ3v) is 3.83. The Hall–Kier alpha value is -1.33. The van der Waals surface area contributed by atoms with E-state index in [1.165, 1.54) is 6.42 Å². The highest BCUT2D eigenvalue weighted by Gasteiger charge is 2.25. The minimum Gasteiger partial charge on any atom is -0.467 e. The van der Waals surface area contributed by atoms with E-state index in [0.29, 0.717) is 31.6 Å². The van der Waals surface area contributed by atoms with Gasteiger partial charge in [-0.1, -0.05) is 0 Å². The van der Waals surface area contributed by atoms with Crippen LogP contribution in [0.25, 0.3) is 0 Å². The molecule has 2 atom stereocenters. The van der Waals surface area contributed by atoms with Crippen LogP contribution in [0.5, 0.6) is 0 Å². The van der Waals surface area contributed by atoms with Crippen LogP contribution in [0.3, 0.4) is 0 Å². The number of rotatable bonds is 5. The maximum absolute atomic E-state index is 11.9. The van der Waals surface area contributed by atoms with Crippen molar-refractivity contribution in [1.29, 1.82) is 0 Å². The predicted octanol–water partition coefficient (Wildman–Crippen LogP) is 0.955. The average molecular weight is 265 g/mol. The number of carbonyl (C=O) groups excluding carboxylic acids is 1. The molecule has 5 nitrogen and oxygen atoms in total. The van der Waals surface area contributed by atoms with Crippen LogP contribution in [0.15, 0.2) is 22.8 Å². The van der Waals surface area contributed by atoms with E-state index < -0.39 is 0 Å². The largest absolute Gasteiger partial charge is 0.467 e. The van der Waals surface area contributed by atoms with Crippen molar-refractivity contribution in [2.75, 3.05) is 19.6 Å². The summed E-state index contributed by atoms with van der Waals surface area (Å²) in [5.41, 5.74) is 5.72. The smallest absolute Gasteiger partial charge is 0.234 e. The van der Waals surface area contributed by atoms with E-state index in [1.807, 2.05) is 12.1 Å². The summed E-state index contributed by atoms with van der Waals surface area (Å²) in [5, 5.41) is 2.88. The number of nitrogens with two attached hydrogens (primary N) is 1. The SMILES string of the molecule is CC1CCC(CN)CN1CC(=O)NCc1ccco1. The highest BCUT2D eigenvalue weighted by molar-refractivity contribution is 5.78. The molecule has 1 aromatic heterocycles. The van der Waals surface area contributed by atoms with E-state index in [4.69, 9.17) is 10.2 Å². The van der Waals surface area contributed by atoms with Crippen molar-refractivity contribution in [3.8, 4) is 0 Å². The van der Waals surface area contributed by atoms with Gasteiger partial charge in [0.25, 0.3) is 0 Å². The number of hydrogen-bond donors (Lipinski definition) is 2.